The molecule has 0 saturated carbocycles. The molecular weight excluding hydrogens is 192 g/mol. The van der Waals surface area contributed by atoms with E-state index in [4.69, 9.17) is 0 Å². The highest BCUT2D eigenvalue weighted by Gasteiger charge is 2.20. The molecule has 51 valence electrons. The van der Waals surface area contributed by atoms with E-state index >= 15 is 0 Å². The molecule has 1 aliphatic rings. The van der Waals surface area contributed by atoms with Crippen molar-refractivity contribution in [3.05, 3.63) is 0 Å². The Morgan fingerprint density at radius 1 is 1.44 bits per heavy atom. The maximum Gasteiger partial charge on any atom is 0.241 e. The molecule has 1 aliphatic heterocycles. The minimum Gasteiger partial charge on any atom is -0.280 e. The van der Waals surface area contributed by atoms with Gasteiger partial charge in [-0.1, -0.05) is 0 Å². The minimum atomic E-state index is -0.106. The van der Waals surface area contributed by atoms with Crippen LogP contribution < -0.4 is 0 Å². The van der Waals surface area contributed by atoms with Gasteiger partial charge >= 0.3 is 0 Å². The van der Waals surface area contributed by atoms with Crippen molar-refractivity contribution in [2.45, 2.75) is 4.58 Å². The fraction of sp³-hybridized carbons (Fsp3) is 0.750. The molecule has 1 fully saturated rings. The van der Waals surface area contributed by atoms with Crippen LogP contribution in [0.4, 0.5) is 0 Å². The number of carbonyl (C=O) groups is 1. The van der Waals surface area contributed by atoms with Crippen LogP contribution in [0, 0.1) is 0 Å². The normalized spacial score (nSPS) is 21.8. The SMILES string of the molecule is O=C([S])C1SCSCS1. The maximum atomic E-state index is 10.6. The van der Waals surface area contributed by atoms with Crippen LogP contribution in [0.25, 0.3) is 0 Å². The van der Waals surface area contributed by atoms with Gasteiger partial charge in [0.25, 0.3) is 0 Å². The summed E-state index contributed by atoms with van der Waals surface area (Å²) in [4.78, 5) is 10.6. The van der Waals surface area contributed by atoms with E-state index in [1.807, 2.05) is 11.8 Å². The molecule has 1 rings (SSSR count). The number of hydrogen-bond acceptors (Lipinski definition) is 4. The molecule has 5 heteroatoms. The quantitative estimate of drug-likeness (QED) is 0.640. The fourth-order valence-corrected chi connectivity index (χ4v) is 5.15. The van der Waals surface area contributed by atoms with Gasteiger partial charge in [-0.15, -0.1) is 35.3 Å². The standard InChI is InChI=1S/C4H5OS4/c5-3(6)4-8-1-7-2-9-4/h4H,1-2H2. The van der Waals surface area contributed by atoms with E-state index in [0.717, 1.165) is 10.2 Å². The summed E-state index contributed by atoms with van der Waals surface area (Å²) in [7, 11) is 0. The monoisotopic (exact) mass is 197 g/mol. The molecule has 0 N–H and O–H groups in total. The molecule has 9 heavy (non-hydrogen) atoms. The Bertz CT molecular complexity index is 109. The second kappa shape index (κ2) is 3.95. The van der Waals surface area contributed by atoms with Crippen LogP contribution in [0.15, 0.2) is 0 Å². The highest BCUT2D eigenvalue weighted by Crippen LogP contribution is 2.36. The minimum absolute atomic E-state index is 0.0428. The van der Waals surface area contributed by atoms with Crippen LogP contribution in [-0.2, 0) is 4.79 Å². The van der Waals surface area contributed by atoms with Gasteiger partial charge in [-0.3, -0.25) is 4.79 Å². The molecule has 1 radical (unpaired) electrons. The second-order valence-corrected chi connectivity index (χ2v) is 6.03. The number of carbonyl (C=O) groups excluding carboxylic acids is 1. The third-order valence-corrected chi connectivity index (χ3v) is 5.60. The van der Waals surface area contributed by atoms with E-state index in [9.17, 15) is 4.79 Å². The zero-order chi connectivity index (χ0) is 6.69. The van der Waals surface area contributed by atoms with Gasteiger partial charge in [0.2, 0.25) is 5.12 Å². The number of thioether (sulfide) groups is 3. The largest absolute Gasteiger partial charge is 0.280 e. The average molecular weight is 197 g/mol. The van der Waals surface area contributed by atoms with Crippen LogP contribution in [0.1, 0.15) is 0 Å². The van der Waals surface area contributed by atoms with Crippen LogP contribution >= 0.6 is 47.9 Å². The first-order valence-electron chi connectivity index (χ1n) is 2.32. The van der Waals surface area contributed by atoms with Crippen molar-refractivity contribution >= 4 is 53.0 Å². The third kappa shape index (κ3) is 2.57. The summed E-state index contributed by atoms with van der Waals surface area (Å²) in [5.41, 5.74) is 0. The molecular formula is C4H5OS4. The summed E-state index contributed by atoms with van der Waals surface area (Å²) < 4.78 is 0.0428. The summed E-state index contributed by atoms with van der Waals surface area (Å²) in [5.74, 6) is 0. The molecule has 1 saturated heterocycles. The molecule has 0 aromatic heterocycles. The molecule has 0 aromatic rings. The summed E-state index contributed by atoms with van der Waals surface area (Å²) in [6.45, 7) is 0. The fourth-order valence-electron chi connectivity index (χ4n) is 0.438. The van der Waals surface area contributed by atoms with Gasteiger partial charge in [0, 0.05) is 10.2 Å². The van der Waals surface area contributed by atoms with E-state index < -0.39 is 0 Å². The molecule has 1 nitrogen and oxygen atoms in total. The molecule has 0 spiro atoms. The van der Waals surface area contributed by atoms with Gasteiger partial charge < -0.3 is 0 Å². The van der Waals surface area contributed by atoms with Gasteiger partial charge in [0.05, 0.1) is 0 Å². The highest BCUT2D eigenvalue weighted by atomic mass is 32.3. The summed E-state index contributed by atoms with van der Waals surface area (Å²) in [6.07, 6.45) is 0. The lowest BCUT2D eigenvalue weighted by atomic mass is 10.9. The maximum absolute atomic E-state index is 10.6. The van der Waals surface area contributed by atoms with Gasteiger partial charge in [0.1, 0.15) is 4.58 Å². The Balaban J connectivity index is 2.31. The van der Waals surface area contributed by atoms with Gasteiger partial charge in [-0.2, -0.15) is 0 Å². The van der Waals surface area contributed by atoms with Gasteiger partial charge in [0.15, 0.2) is 0 Å². The Labute approximate surface area is 72.5 Å². The topological polar surface area (TPSA) is 17.1 Å². The molecule has 0 aliphatic carbocycles. The zero-order valence-corrected chi connectivity index (χ0v) is 7.80. The van der Waals surface area contributed by atoms with E-state index in [0.29, 0.717) is 0 Å². The van der Waals surface area contributed by atoms with Crippen molar-refractivity contribution in [2.24, 2.45) is 0 Å². The molecule has 0 unspecified atom stereocenters. The molecule has 0 atom stereocenters. The smallest absolute Gasteiger partial charge is 0.241 e. The first-order valence-corrected chi connectivity index (χ1v) is 5.98. The molecule has 0 amide bonds. The van der Waals surface area contributed by atoms with Crippen LogP contribution in [0.3, 0.4) is 0 Å². The zero-order valence-electron chi connectivity index (χ0n) is 4.53. The van der Waals surface area contributed by atoms with E-state index in [1.54, 1.807) is 23.5 Å². The van der Waals surface area contributed by atoms with Gasteiger partial charge in [-0.25, -0.2) is 0 Å². The predicted octanol–water partition coefficient (Wildman–Crippen LogP) is 2.16. The van der Waals surface area contributed by atoms with Crippen LogP contribution in [-0.4, -0.2) is 19.9 Å². The van der Waals surface area contributed by atoms with E-state index in [-0.39, 0.29) is 9.70 Å². The Hall–Kier alpha value is 0.940. The van der Waals surface area contributed by atoms with Crippen molar-refractivity contribution in [3.8, 4) is 0 Å². The number of rotatable bonds is 1. The molecule has 0 aromatic carbocycles. The van der Waals surface area contributed by atoms with Crippen molar-refractivity contribution in [3.63, 3.8) is 0 Å². The predicted molar refractivity (Wildman–Crippen MR) is 48.9 cm³/mol. The number of hydrogen-bond donors (Lipinski definition) is 0. The summed E-state index contributed by atoms with van der Waals surface area (Å²) in [6, 6.07) is 0. The summed E-state index contributed by atoms with van der Waals surface area (Å²) >= 11 is 9.64. The lowest BCUT2D eigenvalue weighted by Crippen LogP contribution is -2.10. The molecule has 1 heterocycles. The summed E-state index contributed by atoms with van der Waals surface area (Å²) in [5, 5.41) is 1.92. The first-order chi connectivity index (χ1) is 4.30. The van der Waals surface area contributed by atoms with E-state index in [2.05, 4.69) is 12.6 Å². The van der Waals surface area contributed by atoms with Crippen molar-refractivity contribution in [1.29, 1.82) is 0 Å². The van der Waals surface area contributed by atoms with Crippen LogP contribution in [0.5, 0.6) is 0 Å². The van der Waals surface area contributed by atoms with E-state index in [1.165, 1.54) is 0 Å². The average Bonchev–Trinajstić information content (AvgIpc) is 1.90. The van der Waals surface area contributed by atoms with Crippen molar-refractivity contribution < 1.29 is 4.79 Å². The van der Waals surface area contributed by atoms with Crippen molar-refractivity contribution in [2.75, 3.05) is 10.2 Å². The Morgan fingerprint density at radius 3 is 2.33 bits per heavy atom. The second-order valence-electron chi connectivity index (χ2n) is 1.42. The van der Waals surface area contributed by atoms with Gasteiger partial charge in [-0.05, 0) is 12.6 Å². The lowest BCUT2D eigenvalue weighted by Gasteiger charge is -2.15. The Morgan fingerprint density at radius 2 is 2.00 bits per heavy atom. The Kier molecular flexibility index (Phi) is 3.53. The lowest BCUT2D eigenvalue weighted by molar-refractivity contribution is -0.109. The first kappa shape index (κ1) is 8.04. The van der Waals surface area contributed by atoms with Crippen molar-refractivity contribution in [1.82, 2.24) is 0 Å². The molecule has 0 bridgehead atoms. The van der Waals surface area contributed by atoms with Crippen LogP contribution in [0.2, 0.25) is 0 Å². The highest BCUT2D eigenvalue weighted by molar-refractivity contribution is 8.34. The third-order valence-electron chi connectivity index (χ3n) is 0.798.